The highest BCUT2D eigenvalue weighted by Gasteiger charge is 2.15. The minimum atomic E-state index is -0.106. The van der Waals surface area contributed by atoms with Crippen LogP contribution in [0.2, 0.25) is 0 Å². The molecule has 1 aliphatic carbocycles. The van der Waals surface area contributed by atoms with Crippen molar-refractivity contribution in [3.63, 3.8) is 0 Å². The zero-order valence-corrected chi connectivity index (χ0v) is 11.8. The Morgan fingerprint density at radius 2 is 1.80 bits per heavy atom. The van der Waals surface area contributed by atoms with Gasteiger partial charge in [0.2, 0.25) is 0 Å². The summed E-state index contributed by atoms with van der Waals surface area (Å²) in [5.74, 6) is 0. The number of allylic oxidation sites excluding steroid dienone is 1. The summed E-state index contributed by atoms with van der Waals surface area (Å²) in [6.07, 6.45) is 11.6. The highest BCUT2D eigenvalue weighted by molar-refractivity contribution is 5.73. The van der Waals surface area contributed by atoms with Crippen LogP contribution in [0.4, 0.5) is 0 Å². The average Bonchev–Trinajstić information content (AvgIpc) is 2.46. The van der Waals surface area contributed by atoms with Gasteiger partial charge in [-0.15, -0.1) is 0 Å². The van der Waals surface area contributed by atoms with Gasteiger partial charge >= 0.3 is 0 Å². The number of hydrogen-bond donors (Lipinski definition) is 1. The summed E-state index contributed by atoms with van der Waals surface area (Å²) >= 11 is 0. The molecule has 0 radical (unpaired) electrons. The molecule has 1 aromatic carbocycles. The van der Waals surface area contributed by atoms with E-state index in [1.54, 1.807) is 0 Å². The number of para-hydroxylation sites is 2. The van der Waals surface area contributed by atoms with Crippen molar-refractivity contribution in [3.05, 3.63) is 47.8 Å². The molecule has 0 saturated heterocycles. The topological polar surface area (TPSA) is 51.8 Å². The van der Waals surface area contributed by atoms with E-state index in [1.165, 1.54) is 31.3 Å². The summed E-state index contributed by atoms with van der Waals surface area (Å²) in [6, 6.07) is 7.83. The summed E-state index contributed by atoms with van der Waals surface area (Å²) in [4.78, 5) is 9.15. The monoisotopic (exact) mass is 267 g/mol. The van der Waals surface area contributed by atoms with Gasteiger partial charge in [0.1, 0.15) is 0 Å². The lowest BCUT2D eigenvalue weighted by atomic mass is 9.94. The Bertz CT molecular complexity index is 618. The molecule has 2 N–H and O–H groups in total. The van der Waals surface area contributed by atoms with Gasteiger partial charge in [-0.2, -0.15) is 0 Å². The number of hydrogen-bond acceptors (Lipinski definition) is 3. The minimum absolute atomic E-state index is 0.106. The van der Waals surface area contributed by atoms with Crippen molar-refractivity contribution in [1.29, 1.82) is 0 Å². The normalized spacial score (nSPS) is 20.8. The fourth-order valence-corrected chi connectivity index (χ4v) is 2.81. The van der Waals surface area contributed by atoms with Crippen LogP contribution in [0, 0.1) is 0 Å². The largest absolute Gasteiger partial charge is 0.319 e. The van der Waals surface area contributed by atoms with Crippen LogP contribution < -0.4 is 5.73 Å². The van der Waals surface area contributed by atoms with E-state index >= 15 is 0 Å². The average molecular weight is 267 g/mol. The number of aromatic nitrogens is 2. The van der Waals surface area contributed by atoms with Gasteiger partial charge < -0.3 is 5.73 Å². The predicted octanol–water partition coefficient (Wildman–Crippen LogP) is 3.91. The highest BCUT2D eigenvalue weighted by atomic mass is 14.8. The fraction of sp³-hybridized carbons (Fsp3) is 0.412. The molecule has 0 bridgehead atoms. The molecule has 1 aromatic heterocycles. The lowest BCUT2D eigenvalue weighted by molar-refractivity contribution is 0.599. The second kappa shape index (κ2) is 6.14. The van der Waals surface area contributed by atoms with Crippen molar-refractivity contribution in [3.8, 4) is 0 Å². The first kappa shape index (κ1) is 13.3. The van der Waals surface area contributed by atoms with Crippen LogP contribution in [0.15, 0.2) is 42.1 Å². The second-order valence-corrected chi connectivity index (χ2v) is 5.49. The molecular formula is C17H21N3. The van der Waals surface area contributed by atoms with Gasteiger partial charge in [0, 0.05) is 0 Å². The predicted molar refractivity (Wildman–Crippen MR) is 82.3 cm³/mol. The number of nitrogens with zero attached hydrogens (tertiary/aromatic N) is 2. The Balaban J connectivity index is 1.88. The number of rotatable bonds is 2. The third kappa shape index (κ3) is 2.88. The van der Waals surface area contributed by atoms with E-state index < -0.39 is 0 Å². The maximum Gasteiger partial charge on any atom is 0.0890 e. The van der Waals surface area contributed by atoms with Crippen LogP contribution in [0.1, 0.15) is 50.3 Å². The molecule has 1 atom stereocenters. The van der Waals surface area contributed by atoms with E-state index in [4.69, 9.17) is 5.73 Å². The first-order chi connectivity index (χ1) is 9.84. The van der Waals surface area contributed by atoms with E-state index in [2.05, 4.69) is 16.0 Å². The molecule has 1 aliphatic rings. The summed E-state index contributed by atoms with van der Waals surface area (Å²) in [5.41, 5.74) is 10.5. The molecule has 3 rings (SSSR count). The molecule has 20 heavy (non-hydrogen) atoms. The summed E-state index contributed by atoms with van der Waals surface area (Å²) < 4.78 is 0. The number of fused-ring (bicyclic) bond motifs is 1. The van der Waals surface area contributed by atoms with Gasteiger partial charge in [0.25, 0.3) is 0 Å². The minimum Gasteiger partial charge on any atom is -0.319 e. The van der Waals surface area contributed by atoms with Gasteiger partial charge in [-0.1, -0.05) is 36.6 Å². The molecule has 0 spiro atoms. The van der Waals surface area contributed by atoms with E-state index in [9.17, 15) is 0 Å². The van der Waals surface area contributed by atoms with E-state index in [-0.39, 0.29) is 6.04 Å². The third-order valence-corrected chi connectivity index (χ3v) is 4.01. The first-order valence-corrected chi connectivity index (χ1v) is 7.51. The summed E-state index contributed by atoms with van der Waals surface area (Å²) in [5, 5.41) is 0. The molecule has 2 aromatic rings. The molecule has 0 saturated carbocycles. The van der Waals surface area contributed by atoms with Crippen molar-refractivity contribution in [1.82, 2.24) is 9.97 Å². The summed E-state index contributed by atoms with van der Waals surface area (Å²) in [6.45, 7) is 0. The Morgan fingerprint density at radius 3 is 2.70 bits per heavy atom. The SMILES string of the molecule is NC(/C1=C/CCCCCC1)c1cnc2ccccc2n1. The van der Waals surface area contributed by atoms with E-state index in [1.807, 2.05) is 30.5 Å². The van der Waals surface area contributed by atoms with Crippen LogP contribution >= 0.6 is 0 Å². The molecule has 3 heteroatoms. The fourth-order valence-electron chi connectivity index (χ4n) is 2.81. The van der Waals surface area contributed by atoms with Crippen LogP contribution in [0.5, 0.6) is 0 Å². The number of benzene rings is 1. The van der Waals surface area contributed by atoms with Crippen molar-refractivity contribution in [2.45, 2.75) is 44.6 Å². The summed E-state index contributed by atoms with van der Waals surface area (Å²) in [7, 11) is 0. The molecule has 1 heterocycles. The lowest BCUT2D eigenvalue weighted by Gasteiger charge is -2.18. The van der Waals surface area contributed by atoms with Crippen molar-refractivity contribution in [2.24, 2.45) is 5.73 Å². The quantitative estimate of drug-likeness (QED) is 0.839. The lowest BCUT2D eigenvalue weighted by Crippen LogP contribution is -2.16. The maximum atomic E-state index is 6.41. The van der Waals surface area contributed by atoms with Crippen LogP contribution in [-0.2, 0) is 0 Å². The van der Waals surface area contributed by atoms with Crippen molar-refractivity contribution < 1.29 is 0 Å². The van der Waals surface area contributed by atoms with Crippen molar-refractivity contribution >= 4 is 11.0 Å². The molecule has 104 valence electrons. The standard InChI is InChI=1S/C17H21N3/c18-17(13-8-4-2-1-3-5-9-13)16-12-19-14-10-6-7-11-15(14)20-16/h6-8,10-12,17H,1-5,9,18H2/b13-8+. The van der Waals surface area contributed by atoms with E-state index in [0.29, 0.717) is 0 Å². The number of nitrogens with two attached hydrogens (primary N) is 1. The van der Waals surface area contributed by atoms with Gasteiger partial charge in [-0.3, -0.25) is 4.98 Å². The van der Waals surface area contributed by atoms with Gasteiger partial charge in [-0.05, 0) is 37.8 Å². The van der Waals surface area contributed by atoms with Crippen LogP contribution in [-0.4, -0.2) is 9.97 Å². The van der Waals surface area contributed by atoms with Gasteiger partial charge in [0.15, 0.2) is 0 Å². The second-order valence-electron chi connectivity index (χ2n) is 5.49. The van der Waals surface area contributed by atoms with E-state index in [0.717, 1.165) is 29.6 Å². The maximum absolute atomic E-state index is 6.41. The third-order valence-electron chi connectivity index (χ3n) is 4.01. The Morgan fingerprint density at radius 1 is 1.00 bits per heavy atom. The van der Waals surface area contributed by atoms with Crippen LogP contribution in [0.25, 0.3) is 11.0 Å². The Kier molecular flexibility index (Phi) is 4.07. The Labute approximate surface area is 119 Å². The smallest absolute Gasteiger partial charge is 0.0890 e. The van der Waals surface area contributed by atoms with Gasteiger partial charge in [-0.25, -0.2) is 4.98 Å². The zero-order valence-electron chi connectivity index (χ0n) is 11.8. The zero-order chi connectivity index (χ0) is 13.8. The molecule has 0 amide bonds. The van der Waals surface area contributed by atoms with Crippen LogP contribution in [0.3, 0.4) is 0 Å². The van der Waals surface area contributed by atoms with Crippen molar-refractivity contribution in [2.75, 3.05) is 0 Å². The molecule has 1 unspecified atom stereocenters. The van der Waals surface area contributed by atoms with Gasteiger partial charge in [0.05, 0.1) is 29.0 Å². The Hall–Kier alpha value is -1.74. The molecule has 0 fully saturated rings. The molecule has 3 nitrogen and oxygen atoms in total. The molecular weight excluding hydrogens is 246 g/mol. The highest BCUT2D eigenvalue weighted by Crippen LogP contribution is 2.26. The molecule has 0 aliphatic heterocycles. The first-order valence-electron chi connectivity index (χ1n) is 7.51.